The predicted octanol–water partition coefficient (Wildman–Crippen LogP) is 3.48. The largest absolute Gasteiger partial charge is 0.491 e. The average Bonchev–Trinajstić information content (AvgIpc) is 3.03. The first-order chi connectivity index (χ1) is 12.3. The summed E-state index contributed by atoms with van der Waals surface area (Å²) in [5, 5.41) is 2.17. The summed E-state index contributed by atoms with van der Waals surface area (Å²) in [6, 6.07) is 4.22. The third-order valence-corrected chi connectivity index (χ3v) is 4.80. The van der Waals surface area contributed by atoms with Crippen molar-refractivity contribution in [3.05, 3.63) is 29.8 Å². The minimum atomic E-state index is -4.52. The number of amides is 2. The Bertz CT molecular complexity index is 632. The van der Waals surface area contributed by atoms with Gasteiger partial charge in [0.25, 0.3) is 0 Å². The van der Waals surface area contributed by atoms with E-state index in [1.165, 1.54) is 4.90 Å². The zero-order valence-electron chi connectivity index (χ0n) is 14.6. The van der Waals surface area contributed by atoms with E-state index >= 15 is 0 Å². The second kappa shape index (κ2) is 7.73. The molecule has 2 amide bonds. The third-order valence-electron chi connectivity index (χ3n) is 4.80. The number of ether oxygens (including phenoxy) is 2. The molecule has 1 aromatic carbocycles. The number of alkyl halides is 3. The molecule has 5 nitrogen and oxygen atoms in total. The summed E-state index contributed by atoms with van der Waals surface area (Å²) in [7, 11) is 0. The second-order valence-electron chi connectivity index (χ2n) is 6.81. The molecular formula is C18H23F3N2O3. The highest BCUT2D eigenvalue weighted by Gasteiger charge is 2.43. The number of carbonyl (C=O) groups excluding carboxylic acids is 1. The van der Waals surface area contributed by atoms with E-state index in [0.29, 0.717) is 18.8 Å². The number of urea groups is 1. The first kappa shape index (κ1) is 18.8. The van der Waals surface area contributed by atoms with Crippen molar-refractivity contribution in [1.29, 1.82) is 0 Å². The van der Waals surface area contributed by atoms with Crippen molar-refractivity contribution >= 4 is 6.03 Å². The monoisotopic (exact) mass is 372 g/mol. The van der Waals surface area contributed by atoms with Crippen LogP contribution >= 0.6 is 0 Å². The summed E-state index contributed by atoms with van der Waals surface area (Å²) in [6.45, 7) is 2.66. The lowest BCUT2D eigenvalue weighted by atomic mass is 10.1. The maximum atomic E-state index is 13.4. The van der Waals surface area contributed by atoms with Gasteiger partial charge in [0.1, 0.15) is 18.4 Å². The van der Waals surface area contributed by atoms with Crippen LogP contribution in [-0.4, -0.2) is 48.5 Å². The van der Waals surface area contributed by atoms with Crippen molar-refractivity contribution in [1.82, 2.24) is 10.2 Å². The molecule has 3 atom stereocenters. The molecule has 2 aliphatic heterocycles. The highest BCUT2D eigenvalue weighted by Crippen LogP contribution is 2.29. The number of halogens is 3. The van der Waals surface area contributed by atoms with Gasteiger partial charge in [-0.3, -0.25) is 0 Å². The number of nitrogens with zero attached hydrogens (tertiary/aromatic N) is 1. The fraction of sp³-hybridized carbons (Fsp3) is 0.611. The third kappa shape index (κ3) is 4.41. The Morgan fingerprint density at radius 3 is 2.85 bits per heavy atom. The van der Waals surface area contributed by atoms with Gasteiger partial charge in [-0.25, -0.2) is 4.79 Å². The van der Waals surface area contributed by atoms with Gasteiger partial charge in [0.05, 0.1) is 18.7 Å². The summed E-state index contributed by atoms with van der Waals surface area (Å²) in [6.07, 6.45) is -3.91. The fourth-order valence-corrected chi connectivity index (χ4v) is 3.29. The first-order valence-corrected chi connectivity index (χ1v) is 8.80. The van der Waals surface area contributed by atoms with Gasteiger partial charge in [0.15, 0.2) is 0 Å². The first-order valence-electron chi connectivity index (χ1n) is 8.80. The van der Waals surface area contributed by atoms with E-state index in [0.717, 1.165) is 12.0 Å². The second-order valence-corrected chi connectivity index (χ2v) is 6.81. The minimum Gasteiger partial charge on any atom is -0.491 e. The van der Waals surface area contributed by atoms with Gasteiger partial charge < -0.3 is 19.7 Å². The van der Waals surface area contributed by atoms with Crippen LogP contribution in [0, 0.1) is 0 Å². The molecule has 0 radical (unpaired) electrons. The topological polar surface area (TPSA) is 50.8 Å². The van der Waals surface area contributed by atoms with Crippen LogP contribution in [0.4, 0.5) is 18.0 Å². The molecule has 8 heteroatoms. The van der Waals surface area contributed by atoms with Gasteiger partial charge in [-0.15, -0.1) is 0 Å². The van der Waals surface area contributed by atoms with Gasteiger partial charge in [0, 0.05) is 18.6 Å². The number of hydrogen-bond donors (Lipinski definition) is 1. The Hall–Kier alpha value is -1.96. The molecule has 2 heterocycles. The Morgan fingerprint density at radius 1 is 1.38 bits per heavy atom. The molecule has 3 unspecified atom stereocenters. The molecule has 0 bridgehead atoms. The van der Waals surface area contributed by atoms with Crippen molar-refractivity contribution < 1.29 is 27.4 Å². The van der Waals surface area contributed by atoms with Crippen LogP contribution in [0.5, 0.6) is 5.75 Å². The van der Waals surface area contributed by atoms with Gasteiger partial charge in [0.2, 0.25) is 0 Å². The van der Waals surface area contributed by atoms with E-state index in [9.17, 15) is 18.0 Å². The van der Waals surface area contributed by atoms with Crippen LogP contribution < -0.4 is 10.1 Å². The zero-order chi connectivity index (χ0) is 18.7. The maximum absolute atomic E-state index is 13.4. The highest BCUT2D eigenvalue weighted by atomic mass is 19.4. The fourth-order valence-electron chi connectivity index (χ4n) is 3.29. The molecular weight excluding hydrogens is 349 g/mol. The number of para-hydroxylation sites is 1. The van der Waals surface area contributed by atoms with E-state index in [1.54, 1.807) is 19.1 Å². The Labute approximate surface area is 150 Å². The molecule has 2 aliphatic rings. The van der Waals surface area contributed by atoms with Crippen molar-refractivity contribution in [3.63, 3.8) is 0 Å². The number of nitrogens with one attached hydrogen (secondary N) is 1. The van der Waals surface area contributed by atoms with E-state index in [2.05, 4.69) is 5.32 Å². The zero-order valence-corrected chi connectivity index (χ0v) is 14.6. The average molecular weight is 372 g/mol. The van der Waals surface area contributed by atoms with Crippen molar-refractivity contribution in [2.45, 2.75) is 57.1 Å². The van der Waals surface area contributed by atoms with E-state index in [4.69, 9.17) is 9.47 Å². The predicted molar refractivity (Wildman–Crippen MR) is 88.9 cm³/mol. The molecule has 1 N–H and O–H groups in total. The number of rotatable bonds is 3. The molecule has 26 heavy (non-hydrogen) atoms. The summed E-state index contributed by atoms with van der Waals surface area (Å²) < 4.78 is 51.2. The van der Waals surface area contributed by atoms with Crippen LogP contribution in [0.25, 0.3) is 0 Å². The van der Waals surface area contributed by atoms with Crippen molar-refractivity contribution in [3.8, 4) is 5.75 Å². The molecule has 1 saturated heterocycles. The lowest BCUT2D eigenvalue weighted by Gasteiger charge is -2.30. The molecule has 1 aromatic rings. The van der Waals surface area contributed by atoms with Crippen molar-refractivity contribution in [2.24, 2.45) is 0 Å². The van der Waals surface area contributed by atoms with Crippen LogP contribution in [0.3, 0.4) is 0 Å². The van der Waals surface area contributed by atoms with Gasteiger partial charge in [-0.2, -0.15) is 13.2 Å². The molecule has 0 aliphatic carbocycles. The summed E-state index contributed by atoms with van der Waals surface area (Å²) >= 11 is 0. The minimum absolute atomic E-state index is 0.202. The van der Waals surface area contributed by atoms with Gasteiger partial charge >= 0.3 is 12.2 Å². The SMILES string of the molecule is CC1COc2ccccc2CN1C(=O)NC(CC1CCCO1)C(F)(F)F. The Kier molecular flexibility index (Phi) is 5.60. The summed E-state index contributed by atoms with van der Waals surface area (Å²) in [5.41, 5.74) is 0.773. The Balaban J connectivity index is 1.71. The van der Waals surface area contributed by atoms with Crippen molar-refractivity contribution in [2.75, 3.05) is 13.2 Å². The van der Waals surface area contributed by atoms with E-state index in [1.807, 2.05) is 12.1 Å². The molecule has 144 valence electrons. The van der Waals surface area contributed by atoms with Crippen LogP contribution in [0.15, 0.2) is 24.3 Å². The molecule has 0 spiro atoms. The van der Waals surface area contributed by atoms with Crippen LogP contribution in [0.1, 0.15) is 31.7 Å². The lowest BCUT2D eigenvalue weighted by molar-refractivity contribution is -0.160. The number of fused-ring (bicyclic) bond motifs is 1. The number of benzene rings is 1. The van der Waals surface area contributed by atoms with Gasteiger partial charge in [-0.1, -0.05) is 18.2 Å². The normalized spacial score (nSPS) is 24.4. The quantitative estimate of drug-likeness (QED) is 0.884. The van der Waals surface area contributed by atoms with Gasteiger partial charge in [-0.05, 0) is 25.8 Å². The Morgan fingerprint density at radius 2 is 2.15 bits per heavy atom. The lowest BCUT2D eigenvalue weighted by Crippen LogP contribution is -2.53. The van der Waals surface area contributed by atoms with Crippen LogP contribution in [-0.2, 0) is 11.3 Å². The summed E-state index contributed by atoms with van der Waals surface area (Å²) in [5.74, 6) is 0.654. The molecule has 0 saturated carbocycles. The standard InChI is InChI=1S/C18H23F3N2O3/c1-12-11-26-15-7-3-2-5-13(15)10-23(12)17(24)22-16(18(19,20)21)9-14-6-4-8-25-14/h2-3,5,7,12,14,16H,4,6,8-11H2,1H3,(H,22,24). The highest BCUT2D eigenvalue weighted by molar-refractivity contribution is 5.75. The summed E-state index contributed by atoms with van der Waals surface area (Å²) in [4.78, 5) is 14.0. The molecule has 1 fully saturated rings. The maximum Gasteiger partial charge on any atom is 0.408 e. The molecule has 0 aromatic heterocycles. The smallest absolute Gasteiger partial charge is 0.408 e. The van der Waals surface area contributed by atoms with Crippen LogP contribution in [0.2, 0.25) is 0 Å². The molecule has 3 rings (SSSR count). The number of carbonyl (C=O) groups is 1. The van der Waals surface area contributed by atoms with E-state index in [-0.39, 0.29) is 25.6 Å². The van der Waals surface area contributed by atoms with E-state index < -0.39 is 24.4 Å². The number of hydrogen-bond acceptors (Lipinski definition) is 3.